The molecular formula is C10H19N5O. The molecule has 1 unspecified atom stereocenters. The van der Waals surface area contributed by atoms with Crippen LogP contribution >= 0.6 is 0 Å². The molecule has 0 aliphatic rings. The third-order valence-electron chi connectivity index (χ3n) is 2.64. The van der Waals surface area contributed by atoms with Crippen LogP contribution in [-0.2, 0) is 0 Å². The van der Waals surface area contributed by atoms with Gasteiger partial charge in [0.25, 0.3) is 11.7 Å². The summed E-state index contributed by atoms with van der Waals surface area (Å²) in [6.45, 7) is 5.00. The van der Waals surface area contributed by atoms with Crippen LogP contribution in [0.1, 0.15) is 50.1 Å². The smallest absolute Gasteiger partial charge is 0.292 e. The summed E-state index contributed by atoms with van der Waals surface area (Å²) in [5.74, 6) is 0.379. The zero-order valence-electron chi connectivity index (χ0n) is 9.86. The molecule has 2 N–H and O–H groups in total. The number of rotatable bonds is 7. The number of carbonyl (C=O) groups excluding carboxylic acids is 1. The van der Waals surface area contributed by atoms with Gasteiger partial charge >= 0.3 is 0 Å². The lowest BCUT2D eigenvalue weighted by Gasteiger charge is -2.14. The van der Waals surface area contributed by atoms with Gasteiger partial charge in [-0.1, -0.05) is 33.1 Å². The fourth-order valence-corrected chi connectivity index (χ4v) is 1.52. The Morgan fingerprint density at radius 1 is 1.50 bits per heavy atom. The predicted molar refractivity (Wildman–Crippen MR) is 59.8 cm³/mol. The monoisotopic (exact) mass is 225 g/mol. The van der Waals surface area contributed by atoms with Gasteiger partial charge in [0.1, 0.15) is 0 Å². The first kappa shape index (κ1) is 12.6. The van der Waals surface area contributed by atoms with E-state index in [0.717, 1.165) is 12.8 Å². The van der Waals surface area contributed by atoms with Gasteiger partial charge in [-0.3, -0.25) is 4.79 Å². The highest BCUT2D eigenvalue weighted by Crippen LogP contribution is 2.11. The second-order valence-electron chi connectivity index (χ2n) is 3.86. The molecule has 0 bridgehead atoms. The quantitative estimate of drug-likeness (QED) is 0.729. The Kier molecular flexibility index (Phi) is 5.45. The Labute approximate surface area is 95.2 Å². The summed E-state index contributed by atoms with van der Waals surface area (Å²) in [6.07, 6.45) is 4.62. The maximum Gasteiger partial charge on any atom is 0.292 e. The molecule has 0 saturated heterocycles. The van der Waals surface area contributed by atoms with Crippen LogP contribution in [0.25, 0.3) is 0 Å². The molecule has 1 aromatic rings. The van der Waals surface area contributed by atoms with Gasteiger partial charge in [-0.25, -0.2) is 0 Å². The van der Waals surface area contributed by atoms with Crippen LogP contribution < -0.4 is 5.32 Å². The molecule has 0 fully saturated rings. The van der Waals surface area contributed by atoms with Crippen molar-refractivity contribution in [2.75, 3.05) is 6.54 Å². The molecule has 0 aliphatic carbocycles. The molecule has 0 spiro atoms. The average molecular weight is 225 g/mol. The molecule has 1 atom stereocenters. The Morgan fingerprint density at radius 3 is 2.88 bits per heavy atom. The maximum absolute atomic E-state index is 11.5. The summed E-state index contributed by atoms with van der Waals surface area (Å²) in [6, 6.07) is 0. The Bertz CT molecular complexity index is 298. The molecule has 1 aromatic heterocycles. The number of amides is 1. The van der Waals surface area contributed by atoms with Gasteiger partial charge in [-0.15, -0.1) is 10.2 Å². The number of nitrogens with zero attached hydrogens (tertiary/aromatic N) is 3. The molecule has 90 valence electrons. The lowest BCUT2D eigenvalue weighted by Crippen LogP contribution is -2.30. The number of aromatic nitrogens is 4. The van der Waals surface area contributed by atoms with Crippen LogP contribution in [0.4, 0.5) is 0 Å². The first-order chi connectivity index (χ1) is 7.77. The summed E-state index contributed by atoms with van der Waals surface area (Å²) in [4.78, 5) is 11.5. The lowest BCUT2D eigenvalue weighted by molar-refractivity contribution is 0.0935. The number of hydrogen-bond donors (Lipinski definition) is 2. The molecule has 0 radical (unpaired) electrons. The van der Waals surface area contributed by atoms with Crippen LogP contribution in [0.2, 0.25) is 0 Å². The first-order valence-corrected chi connectivity index (χ1v) is 5.79. The number of nitrogens with one attached hydrogen (secondary N) is 2. The highest BCUT2D eigenvalue weighted by Gasteiger charge is 2.12. The van der Waals surface area contributed by atoms with Gasteiger partial charge in [0.15, 0.2) is 0 Å². The first-order valence-electron chi connectivity index (χ1n) is 5.79. The van der Waals surface area contributed by atoms with Crippen molar-refractivity contribution in [3.63, 3.8) is 0 Å². The van der Waals surface area contributed by atoms with E-state index in [-0.39, 0.29) is 11.7 Å². The Balaban J connectivity index is 2.29. The molecule has 0 aromatic carbocycles. The topological polar surface area (TPSA) is 83.6 Å². The molecule has 0 aliphatic heterocycles. The minimum Gasteiger partial charge on any atom is -0.349 e. The van der Waals surface area contributed by atoms with Crippen LogP contribution in [-0.4, -0.2) is 33.1 Å². The number of H-pyrrole nitrogens is 1. The number of tetrazole rings is 1. The Hall–Kier alpha value is -1.46. The molecule has 1 amide bonds. The fourth-order valence-electron chi connectivity index (χ4n) is 1.52. The maximum atomic E-state index is 11.5. The molecule has 1 rings (SSSR count). The number of aromatic amines is 1. The van der Waals surface area contributed by atoms with Gasteiger partial charge in [-0.2, -0.15) is 5.21 Å². The van der Waals surface area contributed by atoms with Gasteiger partial charge < -0.3 is 5.32 Å². The second kappa shape index (κ2) is 6.92. The van der Waals surface area contributed by atoms with E-state index < -0.39 is 0 Å². The third-order valence-corrected chi connectivity index (χ3v) is 2.64. The number of unbranched alkanes of at least 4 members (excludes halogenated alkanes) is 1. The SMILES string of the molecule is CCCCC(CC)CNC(=O)c1nn[nH]n1. The molecule has 1 heterocycles. The average Bonchev–Trinajstić information content (AvgIpc) is 2.82. The zero-order valence-corrected chi connectivity index (χ0v) is 9.86. The molecule has 0 saturated carbocycles. The van der Waals surface area contributed by atoms with Crippen molar-refractivity contribution >= 4 is 5.91 Å². The minimum absolute atomic E-state index is 0.102. The van der Waals surface area contributed by atoms with Crippen molar-refractivity contribution in [2.45, 2.75) is 39.5 Å². The van der Waals surface area contributed by atoms with Crippen molar-refractivity contribution in [3.8, 4) is 0 Å². The zero-order chi connectivity index (χ0) is 11.8. The van der Waals surface area contributed by atoms with E-state index >= 15 is 0 Å². The number of hydrogen-bond acceptors (Lipinski definition) is 4. The van der Waals surface area contributed by atoms with Gasteiger partial charge in [-0.05, 0) is 17.6 Å². The predicted octanol–water partition coefficient (Wildman–Crippen LogP) is 1.15. The van der Waals surface area contributed by atoms with Crippen LogP contribution in [0.15, 0.2) is 0 Å². The van der Waals surface area contributed by atoms with E-state index in [2.05, 4.69) is 39.8 Å². The minimum atomic E-state index is -0.260. The highest BCUT2D eigenvalue weighted by atomic mass is 16.2. The van der Waals surface area contributed by atoms with Gasteiger partial charge in [0.2, 0.25) is 0 Å². The van der Waals surface area contributed by atoms with Crippen LogP contribution in [0.3, 0.4) is 0 Å². The summed E-state index contributed by atoms with van der Waals surface area (Å²) >= 11 is 0. The molecule has 6 heteroatoms. The summed E-state index contributed by atoms with van der Waals surface area (Å²) < 4.78 is 0. The largest absolute Gasteiger partial charge is 0.349 e. The normalized spacial score (nSPS) is 12.4. The van der Waals surface area contributed by atoms with Crippen molar-refractivity contribution < 1.29 is 4.79 Å². The number of carbonyl (C=O) groups is 1. The van der Waals surface area contributed by atoms with Gasteiger partial charge in [0.05, 0.1) is 0 Å². The highest BCUT2D eigenvalue weighted by molar-refractivity contribution is 5.89. The van der Waals surface area contributed by atoms with E-state index in [0.29, 0.717) is 12.5 Å². The third kappa shape index (κ3) is 3.96. The molecule has 6 nitrogen and oxygen atoms in total. The van der Waals surface area contributed by atoms with Crippen molar-refractivity contribution in [1.29, 1.82) is 0 Å². The van der Waals surface area contributed by atoms with E-state index in [1.165, 1.54) is 12.8 Å². The van der Waals surface area contributed by atoms with Crippen molar-refractivity contribution in [1.82, 2.24) is 25.9 Å². The Morgan fingerprint density at radius 2 is 2.31 bits per heavy atom. The van der Waals surface area contributed by atoms with Crippen molar-refractivity contribution in [3.05, 3.63) is 5.82 Å². The van der Waals surface area contributed by atoms with E-state index in [9.17, 15) is 4.79 Å². The van der Waals surface area contributed by atoms with Gasteiger partial charge in [0, 0.05) is 6.54 Å². The van der Waals surface area contributed by atoms with E-state index in [1.807, 2.05) is 0 Å². The standard InChI is InChI=1S/C10H19N5O/c1-3-5-6-8(4-2)7-11-10(16)9-12-14-15-13-9/h8H,3-7H2,1-2H3,(H,11,16)(H,12,13,14,15). The molecule has 16 heavy (non-hydrogen) atoms. The van der Waals surface area contributed by atoms with E-state index in [1.54, 1.807) is 0 Å². The van der Waals surface area contributed by atoms with Crippen LogP contribution in [0.5, 0.6) is 0 Å². The van der Waals surface area contributed by atoms with E-state index in [4.69, 9.17) is 0 Å². The summed E-state index contributed by atoms with van der Waals surface area (Å²) in [5, 5.41) is 15.7. The fraction of sp³-hybridized carbons (Fsp3) is 0.800. The summed E-state index contributed by atoms with van der Waals surface area (Å²) in [7, 11) is 0. The molecular weight excluding hydrogens is 206 g/mol. The summed E-state index contributed by atoms with van der Waals surface area (Å²) in [5.41, 5.74) is 0. The second-order valence-corrected chi connectivity index (χ2v) is 3.86. The lowest BCUT2D eigenvalue weighted by atomic mass is 9.99. The van der Waals surface area contributed by atoms with Crippen LogP contribution in [0, 0.1) is 5.92 Å². The van der Waals surface area contributed by atoms with Crippen molar-refractivity contribution in [2.24, 2.45) is 5.92 Å².